The highest BCUT2D eigenvalue weighted by Gasteiger charge is 2.13. The summed E-state index contributed by atoms with van der Waals surface area (Å²) in [5.41, 5.74) is 1.73. The maximum Gasteiger partial charge on any atom is 0.258 e. The average Bonchev–Trinajstić information content (AvgIpc) is 2.54. The van der Waals surface area contributed by atoms with E-state index in [-0.39, 0.29) is 19.1 Å². The molecular weight excluding hydrogens is 302 g/mol. The summed E-state index contributed by atoms with van der Waals surface area (Å²) in [6, 6.07) is 14.1. The maximum atomic E-state index is 11.9. The van der Waals surface area contributed by atoms with Gasteiger partial charge in [-0.05, 0) is 36.2 Å². The van der Waals surface area contributed by atoms with E-state index >= 15 is 0 Å². The zero-order chi connectivity index (χ0) is 15.9. The smallest absolute Gasteiger partial charge is 0.258 e. The molecule has 0 aliphatic rings. The lowest BCUT2D eigenvalue weighted by molar-refractivity contribution is -0.124. The molecule has 0 aliphatic heterocycles. The van der Waals surface area contributed by atoms with Gasteiger partial charge in [0.2, 0.25) is 0 Å². The van der Waals surface area contributed by atoms with Crippen LogP contribution >= 0.6 is 11.6 Å². The van der Waals surface area contributed by atoms with Crippen molar-refractivity contribution in [2.45, 2.75) is 13.0 Å². The third-order valence-electron chi connectivity index (χ3n) is 3.22. The van der Waals surface area contributed by atoms with Gasteiger partial charge in [0.25, 0.3) is 5.91 Å². The number of rotatable bonds is 6. The summed E-state index contributed by atoms with van der Waals surface area (Å²) in [4.78, 5) is 11.9. The van der Waals surface area contributed by atoms with E-state index in [4.69, 9.17) is 16.3 Å². The Bertz CT molecular complexity index is 631. The molecule has 0 fully saturated rings. The lowest BCUT2D eigenvalue weighted by Gasteiger charge is -2.17. The van der Waals surface area contributed by atoms with Crippen LogP contribution in [0.2, 0.25) is 5.02 Å². The summed E-state index contributed by atoms with van der Waals surface area (Å²) in [6.45, 7) is 1.58. The van der Waals surface area contributed by atoms with Gasteiger partial charge in [-0.1, -0.05) is 41.9 Å². The minimum atomic E-state index is -0.441. The number of aryl methyl sites for hydroxylation is 1. The van der Waals surface area contributed by atoms with E-state index in [0.29, 0.717) is 10.8 Å². The quantitative estimate of drug-likeness (QED) is 0.860. The van der Waals surface area contributed by atoms with Gasteiger partial charge < -0.3 is 15.2 Å². The van der Waals surface area contributed by atoms with Gasteiger partial charge in [0.05, 0.1) is 12.6 Å². The number of benzene rings is 2. The molecule has 4 nitrogen and oxygen atoms in total. The van der Waals surface area contributed by atoms with Gasteiger partial charge in [-0.2, -0.15) is 0 Å². The molecule has 0 unspecified atom stereocenters. The molecule has 0 heterocycles. The van der Waals surface area contributed by atoms with E-state index in [9.17, 15) is 9.90 Å². The Hall–Kier alpha value is -2.04. The highest BCUT2D eigenvalue weighted by molar-refractivity contribution is 6.31. The SMILES string of the molecule is Cc1cc(OCC(=O)N[C@@H](CO)c2ccccc2)ccc1Cl. The predicted molar refractivity (Wildman–Crippen MR) is 86.1 cm³/mol. The molecule has 0 aliphatic carbocycles. The van der Waals surface area contributed by atoms with Crippen molar-refractivity contribution in [1.29, 1.82) is 0 Å². The average molecular weight is 320 g/mol. The van der Waals surface area contributed by atoms with Crippen LogP contribution in [0.5, 0.6) is 5.75 Å². The number of nitrogens with one attached hydrogen (secondary N) is 1. The van der Waals surface area contributed by atoms with Crippen molar-refractivity contribution in [2.75, 3.05) is 13.2 Å². The van der Waals surface area contributed by atoms with Gasteiger partial charge >= 0.3 is 0 Å². The second-order valence-corrected chi connectivity index (χ2v) is 5.32. The fourth-order valence-corrected chi connectivity index (χ4v) is 2.13. The van der Waals surface area contributed by atoms with Crippen LogP contribution in [-0.2, 0) is 4.79 Å². The Balaban J connectivity index is 1.90. The minimum absolute atomic E-state index is 0.121. The predicted octanol–water partition coefficient (Wildman–Crippen LogP) is 2.88. The molecule has 22 heavy (non-hydrogen) atoms. The van der Waals surface area contributed by atoms with Crippen LogP contribution in [0.1, 0.15) is 17.2 Å². The molecule has 1 atom stereocenters. The number of hydrogen-bond donors (Lipinski definition) is 2. The summed E-state index contributed by atoms with van der Waals surface area (Å²) in [6.07, 6.45) is 0. The van der Waals surface area contributed by atoms with Gasteiger partial charge in [-0.25, -0.2) is 0 Å². The standard InChI is InChI=1S/C17H18ClNO3/c1-12-9-14(7-8-15(12)18)22-11-17(21)19-16(10-20)13-5-3-2-4-6-13/h2-9,16,20H,10-11H2,1H3,(H,19,21)/t16-/m0/s1. The molecule has 0 radical (unpaired) electrons. The Morgan fingerprint density at radius 1 is 1.27 bits per heavy atom. The molecule has 116 valence electrons. The summed E-state index contributed by atoms with van der Waals surface area (Å²) >= 11 is 5.94. The van der Waals surface area contributed by atoms with Gasteiger partial charge in [0.1, 0.15) is 5.75 Å². The number of aliphatic hydroxyl groups excluding tert-OH is 1. The summed E-state index contributed by atoms with van der Waals surface area (Å²) in [7, 11) is 0. The molecule has 0 bridgehead atoms. The number of carbonyl (C=O) groups is 1. The Morgan fingerprint density at radius 3 is 2.64 bits per heavy atom. The fraction of sp³-hybridized carbons (Fsp3) is 0.235. The molecule has 0 aromatic heterocycles. The second-order valence-electron chi connectivity index (χ2n) is 4.91. The minimum Gasteiger partial charge on any atom is -0.484 e. The van der Waals surface area contributed by atoms with Crippen LogP contribution in [0.15, 0.2) is 48.5 Å². The summed E-state index contributed by atoms with van der Waals surface area (Å²) < 4.78 is 5.43. The highest BCUT2D eigenvalue weighted by Crippen LogP contribution is 2.21. The van der Waals surface area contributed by atoms with Crippen molar-refractivity contribution in [3.63, 3.8) is 0 Å². The van der Waals surface area contributed by atoms with Gasteiger partial charge in [-0.15, -0.1) is 0 Å². The van der Waals surface area contributed by atoms with Gasteiger partial charge in [0, 0.05) is 5.02 Å². The van der Waals surface area contributed by atoms with Crippen LogP contribution in [0.25, 0.3) is 0 Å². The van der Waals surface area contributed by atoms with E-state index < -0.39 is 6.04 Å². The number of carbonyl (C=O) groups excluding carboxylic acids is 1. The monoisotopic (exact) mass is 319 g/mol. The summed E-state index contributed by atoms with van der Waals surface area (Å²) in [5.74, 6) is 0.285. The molecule has 2 aromatic carbocycles. The van der Waals surface area contributed by atoms with Crippen LogP contribution in [-0.4, -0.2) is 24.2 Å². The molecule has 2 N–H and O–H groups in total. The van der Waals surface area contributed by atoms with Crippen molar-refractivity contribution < 1.29 is 14.6 Å². The number of aliphatic hydroxyl groups is 1. The van der Waals surface area contributed by atoms with E-state index in [2.05, 4.69) is 5.32 Å². The fourth-order valence-electron chi connectivity index (χ4n) is 2.01. The van der Waals surface area contributed by atoms with Crippen molar-refractivity contribution >= 4 is 17.5 Å². The Labute approximate surface area is 134 Å². The van der Waals surface area contributed by atoms with E-state index in [1.165, 1.54) is 0 Å². The van der Waals surface area contributed by atoms with E-state index in [1.807, 2.05) is 37.3 Å². The molecular formula is C17H18ClNO3. The first-order valence-corrected chi connectivity index (χ1v) is 7.32. The molecule has 2 rings (SSSR count). The first kappa shape index (κ1) is 16.3. The molecule has 0 saturated heterocycles. The van der Waals surface area contributed by atoms with Crippen LogP contribution in [0.4, 0.5) is 0 Å². The zero-order valence-electron chi connectivity index (χ0n) is 12.3. The topological polar surface area (TPSA) is 58.6 Å². The molecule has 1 amide bonds. The number of hydrogen-bond acceptors (Lipinski definition) is 3. The van der Waals surface area contributed by atoms with E-state index in [1.54, 1.807) is 18.2 Å². The highest BCUT2D eigenvalue weighted by atomic mass is 35.5. The summed E-state index contributed by atoms with van der Waals surface area (Å²) in [5, 5.41) is 12.8. The zero-order valence-corrected chi connectivity index (χ0v) is 13.0. The van der Waals surface area contributed by atoms with Crippen molar-refractivity contribution in [1.82, 2.24) is 5.32 Å². The normalized spacial score (nSPS) is 11.8. The van der Waals surface area contributed by atoms with Crippen LogP contribution in [0, 0.1) is 6.92 Å². The number of amides is 1. The third kappa shape index (κ3) is 4.48. The third-order valence-corrected chi connectivity index (χ3v) is 3.64. The molecule has 5 heteroatoms. The maximum absolute atomic E-state index is 11.9. The van der Waals surface area contributed by atoms with Gasteiger partial charge in [-0.3, -0.25) is 4.79 Å². The Morgan fingerprint density at radius 2 is 2.00 bits per heavy atom. The number of halogens is 1. The first-order chi connectivity index (χ1) is 10.6. The molecule has 2 aromatic rings. The first-order valence-electron chi connectivity index (χ1n) is 6.94. The Kier molecular flexibility index (Phi) is 5.81. The lowest BCUT2D eigenvalue weighted by Crippen LogP contribution is -2.34. The van der Waals surface area contributed by atoms with E-state index in [0.717, 1.165) is 11.1 Å². The van der Waals surface area contributed by atoms with Crippen molar-refractivity contribution in [3.8, 4) is 5.75 Å². The van der Waals surface area contributed by atoms with Gasteiger partial charge in [0.15, 0.2) is 6.61 Å². The van der Waals surface area contributed by atoms with Crippen molar-refractivity contribution in [2.24, 2.45) is 0 Å². The van der Waals surface area contributed by atoms with Crippen molar-refractivity contribution in [3.05, 3.63) is 64.7 Å². The molecule has 0 spiro atoms. The lowest BCUT2D eigenvalue weighted by atomic mass is 10.1. The molecule has 0 saturated carbocycles. The van der Waals surface area contributed by atoms with Crippen LogP contribution < -0.4 is 10.1 Å². The largest absolute Gasteiger partial charge is 0.484 e. The van der Waals surface area contributed by atoms with Crippen LogP contribution in [0.3, 0.4) is 0 Å². The second kappa shape index (κ2) is 7.82. The number of ether oxygens (including phenoxy) is 1.